The molecule has 1 rings (SSSR count). The zero-order valence-corrected chi connectivity index (χ0v) is 8.69. The van der Waals surface area contributed by atoms with Crippen molar-refractivity contribution in [2.45, 2.75) is 20.8 Å². The molecular weight excluding hydrogens is 166 g/mol. The van der Waals surface area contributed by atoms with E-state index in [9.17, 15) is 0 Å². The normalized spacial score (nSPS) is 12.5. The van der Waals surface area contributed by atoms with Crippen molar-refractivity contribution in [2.24, 2.45) is 10.9 Å². The second-order valence-electron chi connectivity index (χ2n) is 3.30. The van der Waals surface area contributed by atoms with E-state index in [-0.39, 0.29) is 0 Å². The van der Waals surface area contributed by atoms with Crippen molar-refractivity contribution >= 4 is 17.0 Å². The Morgan fingerprint density at radius 3 is 2.83 bits per heavy atom. The lowest BCUT2D eigenvalue weighted by atomic mass is 10.2. The Morgan fingerprint density at radius 2 is 2.33 bits per heavy atom. The average Bonchev–Trinajstić information content (AvgIpc) is 2.51. The molecule has 0 unspecified atom stereocenters. The molecule has 0 aliphatic rings. The largest absolute Gasteiger partial charge is 0.288 e. The van der Waals surface area contributed by atoms with Gasteiger partial charge in [-0.1, -0.05) is 19.9 Å². The van der Waals surface area contributed by atoms with Crippen LogP contribution in [-0.2, 0) is 0 Å². The van der Waals surface area contributed by atoms with Gasteiger partial charge in [-0.25, -0.2) is 0 Å². The van der Waals surface area contributed by atoms with Gasteiger partial charge >= 0.3 is 0 Å². The highest BCUT2D eigenvalue weighted by Crippen LogP contribution is 2.10. The van der Waals surface area contributed by atoms with Crippen molar-refractivity contribution < 1.29 is 0 Å². The van der Waals surface area contributed by atoms with E-state index in [0.29, 0.717) is 5.92 Å². The lowest BCUT2D eigenvalue weighted by molar-refractivity contribution is 0.666. The van der Waals surface area contributed by atoms with E-state index >= 15 is 0 Å². The highest BCUT2D eigenvalue weighted by atomic mass is 32.1. The quantitative estimate of drug-likeness (QED) is 0.635. The highest BCUT2D eigenvalue weighted by molar-refractivity contribution is 7.12. The summed E-state index contributed by atoms with van der Waals surface area (Å²) >= 11 is 1.75. The average molecular weight is 181 g/mol. The predicted octanol–water partition coefficient (Wildman–Crippen LogP) is 3.21. The monoisotopic (exact) mass is 181 g/mol. The molecule has 0 saturated carbocycles. The van der Waals surface area contributed by atoms with Gasteiger partial charge in [-0.15, -0.1) is 11.3 Å². The fraction of sp³-hybridized carbons (Fsp3) is 0.500. The molecule has 66 valence electrons. The third kappa shape index (κ3) is 2.78. The molecule has 0 N–H and O–H groups in total. The van der Waals surface area contributed by atoms with Crippen LogP contribution in [0.1, 0.15) is 25.6 Å². The summed E-state index contributed by atoms with van der Waals surface area (Å²) in [5, 5.41) is 2.09. The van der Waals surface area contributed by atoms with E-state index in [1.165, 1.54) is 10.6 Å². The van der Waals surface area contributed by atoms with Crippen LogP contribution in [0.4, 0.5) is 0 Å². The van der Waals surface area contributed by atoms with E-state index in [0.717, 1.165) is 6.54 Å². The zero-order chi connectivity index (χ0) is 8.97. The molecule has 12 heavy (non-hydrogen) atoms. The lowest BCUT2D eigenvalue weighted by Crippen LogP contribution is -1.97. The molecule has 1 heterocycles. The summed E-state index contributed by atoms with van der Waals surface area (Å²) in [6, 6.07) is 4.18. The second kappa shape index (κ2) is 4.41. The van der Waals surface area contributed by atoms with Crippen molar-refractivity contribution in [1.29, 1.82) is 0 Å². The van der Waals surface area contributed by atoms with Gasteiger partial charge in [-0.2, -0.15) is 0 Å². The lowest BCUT2D eigenvalue weighted by Gasteiger charge is -2.00. The van der Waals surface area contributed by atoms with Gasteiger partial charge in [-0.05, 0) is 24.3 Å². The van der Waals surface area contributed by atoms with Crippen LogP contribution in [0.2, 0.25) is 0 Å². The fourth-order valence-corrected chi connectivity index (χ4v) is 1.58. The Bertz CT molecular complexity index is 247. The summed E-state index contributed by atoms with van der Waals surface area (Å²) in [7, 11) is 0. The van der Waals surface area contributed by atoms with Crippen molar-refractivity contribution in [2.75, 3.05) is 6.54 Å². The molecule has 1 nitrogen and oxygen atoms in total. The standard InChI is InChI=1S/C10H15NS/c1-8(2)7-11-9(3)10-5-4-6-12-10/h4-6,8H,7H2,1-3H3. The van der Waals surface area contributed by atoms with Gasteiger partial charge < -0.3 is 0 Å². The van der Waals surface area contributed by atoms with Crippen LogP contribution >= 0.6 is 11.3 Å². The SMILES string of the molecule is CC(=NCC(C)C)c1cccs1. The summed E-state index contributed by atoms with van der Waals surface area (Å²) in [5.41, 5.74) is 1.17. The van der Waals surface area contributed by atoms with Gasteiger partial charge in [0, 0.05) is 17.1 Å². The van der Waals surface area contributed by atoms with Crippen molar-refractivity contribution in [3.05, 3.63) is 22.4 Å². The summed E-state index contributed by atoms with van der Waals surface area (Å²) < 4.78 is 0. The number of nitrogens with zero attached hydrogens (tertiary/aromatic N) is 1. The van der Waals surface area contributed by atoms with Crippen LogP contribution in [0.15, 0.2) is 22.5 Å². The van der Waals surface area contributed by atoms with Crippen LogP contribution in [0.25, 0.3) is 0 Å². The number of hydrogen-bond acceptors (Lipinski definition) is 2. The first-order valence-electron chi connectivity index (χ1n) is 4.25. The molecular formula is C10H15NS. The summed E-state index contributed by atoms with van der Waals surface area (Å²) in [6.45, 7) is 7.38. The van der Waals surface area contributed by atoms with Gasteiger partial charge in [-0.3, -0.25) is 4.99 Å². The molecule has 0 amide bonds. The van der Waals surface area contributed by atoms with Crippen molar-refractivity contribution in [1.82, 2.24) is 0 Å². The van der Waals surface area contributed by atoms with E-state index in [1.54, 1.807) is 11.3 Å². The Labute approximate surface area is 78.2 Å². The summed E-state index contributed by atoms with van der Waals surface area (Å²) in [4.78, 5) is 5.78. The molecule has 1 aromatic heterocycles. The third-order valence-corrected chi connectivity index (χ3v) is 2.55. The molecule has 0 bridgehead atoms. The molecule has 2 heteroatoms. The first kappa shape index (κ1) is 9.46. The maximum atomic E-state index is 4.49. The molecule has 0 aliphatic heterocycles. The van der Waals surface area contributed by atoms with Crippen LogP contribution in [0, 0.1) is 5.92 Å². The smallest absolute Gasteiger partial charge is 0.0489 e. The van der Waals surface area contributed by atoms with Gasteiger partial charge in [0.1, 0.15) is 0 Å². The first-order chi connectivity index (χ1) is 5.70. The van der Waals surface area contributed by atoms with Crippen LogP contribution in [0.5, 0.6) is 0 Å². The molecule has 0 aliphatic carbocycles. The van der Waals surface area contributed by atoms with E-state index in [2.05, 4.69) is 43.3 Å². The van der Waals surface area contributed by atoms with E-state index in [1.807, 2.05) is 0 Å². The molecule has 0 aromatic carbocycles. The van der Waals surface area contributed by atoms with Gasteiger partial charge in [0.15, 0.2) is 0 Å². The molecule has 0 fully saturated rings. The minimum atomic E-state index is 0.653. The Balaban J connectivity index is 2.59. The van der Waals surface area contributed by atoms with Gasteiger partial charge in [0.05, 0.1) is 0 Å². The fourth-order valence-electron chi connectivity index (χ4n) is 0.882. The minimum absolute atomic E-state index is 0.653. The molecule has 1 aromatic rings. The Hall–Kier alpha value is -0.630. The van der Waals surface area contributed by atoms with Crippen LogP contribution in [-0.4, -0.2) is 12.3 Å². The zero-order valence-electron chi connectivity index (χ0n) is 7.87. The van der Waals surface area contributed by atoms with Crippen molar-refractivity contribution in [3.8, 4) is 0 Å². The van der Waals surface area contributed by atoms with E-state index < -0.39 is 0 Å². The highest BCUT2D eigenvalue weighted by Gasteiger charge is 1.97. The third-order valence-electron chi connectivity index (χ3n) is 1.57. The van der Waals surface area contributed by atoms with Gasteiger partial charge in [0.2, 0.25) is 0 Å². The Kier molecular flexibility index (Phi) is 3.48. The van der Waals surface area contributed by atoms with E-state index in [4.69, 9.17) is 0 Å². The first-order valence-corrected chi connectivity index (χ1v) is 5.13. The number of rotatable bonds is 3. The topological polar surface area (TPSA) is 12.4 Å². The van der Waals surface area contributed by atoms with Crippen LogP contribution in [0.3, 0.4) is 0 Å². The predicted molar refractivity (Wildman–Crippen MR) is 56.2 cm³/mol. The van der Waals surface area contributed by atoms with Crippen molar-refractivity contribution in [3.63, 3.8) is 0 Å². The number of thiophene rings is 1. The van der Waals surface area contributed by atoms with Crippen LogP contribution < -0.4 is 0 Å². The minimum Gasteiger partial charge on any atom is -0.288 e. The maximum absolute atomic E-state index is 4.49. The summed E-state index contributed by atoms with van der Waals surface area (Å²) in [5.74, 6) is 0.653. The molecule has 0 saturated heterocycles. The number of aliphatic imine (C=N–C) groups is 1. The molecule has 0 spiro atoms. The van der Waals surface area contributed by atoms with Gasteiger partial charge in [0.25, 0.3) is 0 Å². The number of hydrogen-bond donors (Lipinski definition) is 0. The molecule has 0 radical (unpaired) electrons. The summed E-state index contributed by atoms with van der Waals surface area (Å²) in [6.07, 6.45) is 0. The second-order valence-corrected chi connectivity index (χ2v) is 4.24. The molecule has 0 atom stereocenters. The maximum Gasteiger partial charge on any atom is 0.0489 e. The Morgan fingerprint density at radius 1 is 1.58 bits per heavy atom.